The third kappa shape index (κ3) is 3.31. The number of anilines is 3. The van der Waals surface area contributed by atoms with E-state index in [1.807, 2.05) is 6.92 Å². The molecule has 5 aromatic carbocycles. The number of halogens is 3. The van der Waals surface area contributed by atoms with Crippen LogP contribution in [0.5, 0.6) is 0 Å². The van der Waals surface area contributed by atoms with E-state index in [-0.39, 0.29) is 12.5 Å². The summed E-state index contributed by atoms with van der Waals surface area (Å²) in [6.07, 6.45) is 0. The van der Waals surface area contributed by atoms with Gasteiger partial charge in [-0.3, -0.25) is 0 Å². The molecule has 0 radical (unpaired) electrons. The molecule has 5 aromatic rings. The molecule has 3 atom stereocenters. The fourth-order valence-corrected chi connectivity index (χ4v) is 9.74. The van der Waals surface area contributed by atoms with Crippen molar-refractivity contribution in [1.29, 1.82) is 0 Å². The van der Waals surface area contributed by atoms with Gasteiger partial charge in [-0.2, -0.15) is 0 Å². The van der Waals surface area contributed by atoms with E-state index in [0.29, 0.717) is 8.96 Å². The smallest absolute Gasteiger partial charge is 0.248 e. The van der Waals surface area contributed by atoms with Crippen molar-refractivity contribution >= 4 is 140 Å². The third-order valence-electron chi connectivity index (χ3n) is 7.79. The molecule has 0 aliphatic carbocycles. The molecular formula is C29H20BFI2NP3. The Morgan fingerprint density at radius 2 is 1.35 bits per heavy atom. The molecule has 0 N–H and O–H groups in total. The lowest BCUT2D eigenvalue weighted by atomic mass is 9.37. The van der Waals surface area contributed by atoms with Gasteiger partial charge in [-0.25, -0.2) is 4.39 Å². The molecule has 0 amide bonds. The second kappa shape index (κ2) is 8.96. The van der Waals surface area contributed by atoms with Crippen LogP contribution in [-0.2, 0) is 0 Å². The average molecular weight is 759 g/mol. The van der Waals surface area contributed by atoms with Gasteiger partial charge in [0.05, 0.1) is 9.26 Å². The molecule has 8 heteroatoms. The molecule has 3 unspecified atom stereocenters. The van der Waals surface area contributed by atoms with E-state index in [4.69, 9.17) is 0 Å². The predicted molar refractivity (Wildman–Crippen MR) is 187 cm³/mol. The maximum atomic E-state index is 16.0. The van der Waals surface area contributed by atoms with Gasteiger partial charge in [-0.1, -0.05) is 60.1 Å². The Morgan fingerprint density at radius 1 is 0.703 bits per heavy atom. The number of hydrogen-bond donors (Lipinski definition) is 0. The van der Waals surface area contributed by atoms with E-state index >= 15 is 4.39 Å². The third-order valence-corrected chi connectivity index (χ3v) is 12.4. The lowest BCUT2D eigenvalue weighted by molar-refractivity contribution is 0.631. The van der Waals surface area contributed by atoms with Gasteiger partial charge in [0.2, 0.25) is 6.71 Å². The standard InChI is InChI=1S/C29H20BFI2NP3/c1-13-24(32)23(31)20-21(27(13)35)28(36)29(37)26(25(20)33)34-18-11-5-4-10-17(18)30-16-9-3-2-7-14(16)15-8-6-12-19(34)22(15)30/h2-12H,35-37H2,1H3. The lowest BCUT2D eigenvalue weighted by Crippen LogP contribution is -2.55. The largest absolute Gasteiger partial charge is 0.310 e. The van der Waals surface area contributed by atoms with Crippen molar-refractivity contribution in [1.82, 2.24) is 0 Å². The van der Waals surface area contributed by atoms with Gasteiger partial charge in [0, 0.05) is 31.0 Å². The fourth-order valence-electron chi connectivity index (χ4n) is 6.09. The second-order valence-electron chi connectivity index (χ2n) is 9.56. The molecule has 0 fully saturated rings. The highest BCUT2D eigenvalue weighted by Gasteiger charge is 2.42. The van der Waals surface area contributed by atoms with Gasteiger partial charge in [-0.15, -0.1) is 27.7 Å². The molecule has 7 rings (SSSR count). The van der Waals surface area contributed by atoms with Crippen LogP contribution in [0.15, 0.2) is 66.7 Å². The number of rotatable bonds is 1. The first kappa shape index (κ1) is 24.9. The molecule has 2 aliphatic heterocycles. The summed E-state index contributed by atoms with van der Waals surface area (Å²) < 4.78 is 17.6. The van der Waals surface area contributed by atoms with Crippen LogP contribution in [0.1, 0.15) is 5.56 Å². The highest BCUT2D eigenvalue weighted by Crippen LogP contribution is 2.44. The average Bonchev–Trinajstić information content (AvgIpc) is 3.25. The summed E-state index contributed by atoms with van der Waals surface area (Å²) in [4.78, 5) is 2.36. The molecule has 1 nitrogen and oxygen atoms in total. The second-order valence-corrected chi connectivity index (χ2v) is 13.4. The van der Waals surface area contributed by atoms with E-state index in [0.717, 1.165) is 47.5 Å². The Bertz CT molecular complexity index is 1840. The van der Waals surface area contributed by atoms with Gasteiger partial charge in [0.1, 0.15) is 5.82 Å². The van der Waals surface area contributed by atoms with E-state index in [9.17, 15) is 0 Å². The number of nitrogens with zero attached hydrogens (tertiary/aromatic N) is 1. The first-order chi connectivity index (χ1) is 17.8. The van der Waals surface area contributed by atoms with Crippen molar-refractivity contribution in [3.8, 4) is 11.1 Å². The highest BCUT2D eigenvalue weighted by molar-refractivity contribution is 14.1. The molecule has 0 aromatic heterocycles. The number of hydrogen-bond acceptors (Lipinski definition) is 1. The maximum Gasteiger partial charge on any atom is 0.248 e. The van der Waals surface area contributed by atoms with Crippen LogP contribution in [0.25, 0.3) is 21.9 Å². The van der Waals surface area contributed by atoms with Crippen LogP contribution in [0.2, 0.25) is 0 Å². The molecule has 0 saturated heterocycles. The van der Waals surface area contributed by atoms with Crippen LogP contribution in [-0.4, -0.2) is 6.71 Å². The van der Waals surface area contributed by atoms with Gasteiger partial charge in [-0.05, 0) is 102 Å². The molecule has 0 spiro atoms. The van der Waals surface area contributed by atoms with E-state index in [2.05, 4.69) is 145 Å². The van der Waals surface area contributed by atoms with Gasteiger partial charge < -0.3 is 4.90 Å². The molecular weight excluding hydrogens is 739 g/mol. The summed E-state index contributed by atoms with van der Waals surface area (Å²) in [6.45, 7) is 2.18. The number of benzene rings is 5. The first-order valence-corrected chi connectivity index (χ1v) is 15.8. The molecule has 37 heavy (non-hydrogen) atoms. The number of para-hydroxylation sites is 1. The highest BCUT2D eigenvalue weighted by atomic mass is 127. The van der Waals surface area contributed by atoms with Crippen molar-refractivity contribution in [3.05, 3.63) is 85.3 Å². The van der Waals surface area contributed by atoms with Gasteiger partial charge in [0.15, 0.2) is 0 Å². The summed E-state index contributed by atoms with van der Waals surface area (Å²) >= 11 is 4.51. The molecule has 180 valence electrons. The van der Waals surface area contributed by atoms with E-state index in [1.165, 1.54) is 27.5 Å². The first-order valence-electron chi connectivity index (χ1n) is 11.9. The maximum absolute atomic E-state index is 16.0. The summed E-state index contributed by atoms with van der Waals surface area (Å²) in [7, 11) is 8.73. The minimum absolute atomic E-state index is 0.146. The normalized spacial score (nSPS) is 13.2. The summed E-state index contributed by atoms with van der Waals surface area (Å²) in [5, 5.41) is 4.76. The minimum Gasteiger partial charge on any atom is -0.310 e. The summed E-state index contributed by atoms with van der Waals surface area (Å²) in [5.41, 5.74) is 10.8. The zero-order valence-electron chi connectivity index (χ0n) is 19.7. The topological polar surface area (TPSA) is 3.24 Å². The minimum atomic E-state index is -0.146. The lowest BCUT2D eigenvalue weighted by Gasteiger charge is -2.37. The quantitative estimate of drug-likeness (QED) is 0.125. The van der Waals surface area contributed by atoms with Gasteiger partial charge in [0.25, 0.3) is 0 Å². The molecule has 0 saturated carbocycles. The van der Waals surface area contributed by atoms with E-state index < -0.39 is 0 Å². The molecule has 2 aliphatic rings. The zero-order valence-corrected chi connectivity index (χ0v) is 27.5. The zero-order chi connectivity index (χ0) is 25.7. The number of fused-ring (bicyclic) bond motifs is 6. The Balaban J connectivity index is 1.63. The summed E-state index contributed by atoms with van der Waals surface area (Å²) in [6, 6.07) is 24.1. The summed E-state index contributed by atoms with van der Waals surface area (Å²) in [5.74, 6) is -0.146. The Kier molecular flexibility index (Phi) is 6.04. The van der Waals surface area contributed by atoms with Crippen molar-refractivity contribution in [3.63, 3.8) is 0 Å². The van der Waals surface area contributed by atoms with Crippen LogP contribution in [0.4, 0.5) is 21.5 Å². The van der Waals surface area contributed by atoms with E-state index in [1.54, 1.807) is 0 Å². The predicted octanol–water partition coefficient (Wildman–Crippen LogP) is 5.28. The Labute approximate surface area is 250 Å². The van der Waals surface area contributed by atoms with Crippen molar-refractivity contribution in [2.75, 3.05) is 4.90 Å². The molecule has 0 bridgehead atoms. The van der Waals surface area contributed by atoms with Crippen molar-refractivity contribution in [2.24, 2.45) is 0 Å². The van der Waals surface area contributed by atoms with Crippen LogP contribution < -0.4 is 37.2 Å². The van der Waals surface area contributed by atoms with Crippen LogP contribution in [0, 0.1) is 19.9 Å². The SMILES string of the molecule is Cc1c(I)c(F)c2c(I)c(N3c4ccccc4B4c5ccccc5-c5cccc3c54)c(P)c(P)c2c1P. The monoisotopic (exact) mass is 759 g/mol. The van der Waals surface area contributed by atoms with Crippen LogP contribution >= 0.6 is 72.9 Å². The van der Waals surface area contributed by atoms with Crippen molar-refractivity contribution in [2.45, 2.75) is 6.92 Å². The van der Waals surface area contributed by atoms with Gasteiger partial charge >= 0.3 is 0 Å². The Morgan fingerprint density at radius 3 is 2.14 bits per heavy atom. The molecule has 2 heterocycles. The van der Waals surface area contributed by atoms with Crippen LogP contribution in [0.3, 0.4) is 0 Å². The Hall–Kier alpha value is -1.10. The fraction of sp³-hybridized carbons (Fsp3) is 0.0345. The van der Waals surface area contributed by atoms with Crippen molar-refractivity contribution < 1.29 is 4.39 Å².